The van der Waals surface area contributed by atoms with E-state index in [1.807, 2.05) is 37.4 Å². The average Bonchev–Trinajstić information content (AvgIpc) is 3.26. The van der Waals surface area contributed by atoms with Crippen molar-refractivity contribution in [1.82, 2.24) is 24.8 Å². The molecule has 2 aromatic heterocycles. The summed E-state index contributed by atoms with van der Waals surface area (Å²) < 4.78 is 7.15. The molecule has 3 heterocycles. The number of hydrogen-bond donors (Lipinski definition) is 0. The van der Waals surface area contributed by atoms with Crippen LogP contribution in [0.1, 0.15) is 73.7 Å². The van der Waals surface area contributed by atoms with Gasteiger partial charge < -0.3 is 9.42 Å². The maximum atomic E-state index is 12.8. The second-order valence-corrected chi connectivity index (χ2v) is 7.15. The maximum Gasteiger partial charge on any atom is 0.227 e. The maximum absolute atomic E-state index is 12.8. The van der Waals surface area contributed by atoms with E-state index in [4.69, 9.17) is 4.52 Å². The van der Waals surface area contributed by atoms with Gasteiger partial charge in [-0.25, -0.2) is 0 Å². The van der Waals surface area contributed by atoms with Crippen LogP contribution < -0.4 is 0 Å². The van der Waals surface area contributed by atoms with Crippen LogP contribution in [0.2, 0.25) is 0 Å². The van der Waals surface area contributed by atoms with E-state index in [0.29, 0.717) is 24.6 Å². The summed E-state index contributed by atoms with van der Waals surface area (Å²) in [5, 5.41) is 8.46. The molecule has 1 saturated heterocycles. The van der Waals surface area contributed by atoms with Crippen molar-refractivity contribution >= 4 is 5.91 Å². The predicted octanol–water partition coefficient (Wildman–Crippen LogP) is 2.84. The average molecular weight is 345 g/mol. The van der Waals surface area contributed by atoms with E-state index in [1.165, 1.54) is 5.56 Å². The Hall–Kier alpha value is -2.18. The second kappa shape index (κ2) is 6.98. The Bertz CT molecular complexity index is 762. The van der Waals surface area contributed by atoms with Gasteiger partial charge in [0.05, 0.1) is 11.7 Å². The third-order valence-corrected chi connectivity index (χ3v) is 5.02. The first-order chi connectivity index (χ1) is 11.9. The molecule has 7 nitrogen and oxygen atoms in total. The van der Waals surface area contributed by atoms with Gasteiger partial charge in [0, 0.05) is 43.6 Å². The van der Waals surface area contributed by atoms with E-state index in [-0.39, 0.29) is 17.9 Å². The van der Waals surface area contributed by atoms with E-state index in [0.717, 1.165) is 30.8 Å². The van der Waals surface area contributed by atoms with Crippen LogP contribution in [0.15, 0.2) is 4.52 Å². The standard InChI is InChI=1S/C18H27N5O2/c1-11(2)18-19-15(25-21-18)8-9-16(24)23-10-6-7-14(23)17-12(3)20-22(5)13(17)4/h11,14H,6-10H2,1-5H3/t14-/m0/s1. The third-order valence-electron chi connectivity index (χ3n) is 5.02. The van der Waals surface area contributed by atoms with Crippen LogP contribution in [-0.2, 0) is 18.3 Å². The Morgan fingerprint density at radius 2 is 2.12 bits per heavy atom. The fourth-order valence-electron chi connectivity index (χ4n) is 3.60. The molecule has 0 bridgehead atoms. The van der Waals surface area contributed by atoms with Crippen molar-refractivity contribution in [3.63, 3.8) is 0 Å². The summed E-state index contributed by atoms with van der Waals surface area (Å²) in [6.07, 6.45) is 2.92. The number of aromatic nitrogens is 4. The molecule has 1 amide bonds. The highest BCUT2D eigenvalue weighted by Crippen LogP contribution is 2.35. The number of likely N-dealkylation sites (tertiary alicyclic amines) is 1. The van der Waals surface area contributed by atoms with Gasteiger partial charge in [0.25, 0.3) is 0 Å². The van der Waals surface area contributed by atoms with Crippen LogP contribution in [0.5, 0.6) is 0 Å². The van der Waals surface area contributed by atoms with Crippen molar-refractivity contribution in [2.24, 2.45) is 7.05 Å². The van der Waals surface area contributed by atoms with E-state index in [9.17, 15) is 4.79 Å². The molecule has 25 heavy (non-hydrogen) atoms. The number of aryl methyl sites for hydroxylation is 3. The molecule has 3 rings (SSSR count). The van der Waals surface area contributed by atoms with Crippen LogP contribution in [-0.4, -0.2) is 37.3 Å². The molecule has 0 spiro atoms. The van der Waals surface area contributed by atoms with Gasteiger partial charge in [0.2, 0.25) is 11.8 Å². The Balaban J connectivity index is 1.68. The zero-order chi connectivity index (χ0) is 18.1. The van der Waals surface area contributed by atoms with E-state index >= 15 is 0 Å². The Labute approximate surface area is 148 Å². The molecule has 2 aromatic rings. The third kappa shape index (κ3) is 3.45. The minimum atomic E-state index is 0.134. The molecule has 1 aliphatic heterocycles. The Kier molecular flexibility index (Phi) is 4.92. The first-order valence-electron chi connectivity index (χ1n) is 9.00. The Morgan fingerprint density at radius 3 is 2.72 bits per heavy atom. The van der Waals surface area contributed by atoms with Crippen molar-refractivity contribution in [1.29, 1.82) is 0 Å². The first kappa shape index (κ1) is 17.6. The van der Waals surface area contributed by atoms with E-state index in [2.05, 4.69) is 22.2 Å². The van der Waals surface area contributed by atoms with Gasteiger partial charge in [-0.05, 0) is 26.7 Å². The molecule has 1 atom stereocenters. The number of carbonyl (C=O) groups excluding carboxylic acids is 1. The van der Waals surface area contributed by atoms with Crippen molar-refractivity contribution in [3.8, 4) is 0 Å². The molecule has 1 aliphatic rings. The summed E-state index contributed by atoms with van der Waals surface area (Å²) in [7, 11) is 1.95. The van der Waals surface area contributed by atoms with Gasteiger partial charge in [-0.2, -0.15) is 10.1 Å². The fourth-order valence-corrected chi connectivity index (χ4v) is 3.60. The molecule has 0 unspecified atom stereocenters. The van der Waals surface area contributed by atoms with Crippen molar-refractivity contribution in [3.05, 3.63) is 28.7 Å². The molecule has 0 radical (unpaired) electrons. The van der Waals surface area contributed by atoms with Crippen molar-refractivity contribution in [2.45, 2.75) is 65.3 Å². The number of carbonyl (C=O) groups is 1. The summed E-state index contributed by atoms with van der Waals surface area (Å²) in [6, 6.07) is 0.134. The van der Waals surface area contributed by atoms with Crippen LogP contribution in [0.3, 0.4) is 0 Å². The molecule has 0 saturated carbocycles. The predicted molar refractivity (Wildman–Crippen MR) is 93.1 cm³/mol. The molecule has 0 aromatic carbocycles. The van der Waals surface area contributed by atoms with Gasteiger partial charge in [-0.1, -0.05) is 19.0 Å². The summed E-state index contributed by atoms with van der Waals surface area (Å²) in [5.41, 5.74) is 3.36. The monoisotopic (exact) mass is 345 g/mol. The molecule has 7 heteroatoms. The summed E-state index contributed by atoms with van der Waals surface area (Å²) in [6.45, 7) is 8.94. The molecule has 0 N–H and O–H groups in total. The summed E-state index contributed by atoms with van der Waals surface area (Å²) in [5.74, 6) is 1.62. The number of hydrogen-bond acceptors (Lipinski definition) is 5. The lowest BCUT2D eigenvalue weighted by atomic mass is 10.0. The highest BCUT2D eigenvalue weighted by molar-refractivity contribution is 5.77. The lowest BCUT2D eigenvalue weighted by molar-refractivity contribution is -0.132. The SMILES string of the molecule is Cc1nn(C)c(C)c1[C@@H]1CCCN1C(=O)CCc1nc(C(C)C)no1. The zero-order valence-corrected chi connectivity index (χ0v) is 15.7. The Morgan fingerprint density at radius 1 is 1.36 bits per heavy atom. The normalized spacial score (nSPS) is 17.7. The first-order valence-corrected chi connectivity index (χ1v) is 9.00. The quantitative estimate of drug-likeness (QED) is 0.833. The summed E-state index contributed by atoms with van der Waals surface area (Å²) in [4.78, 5) is 19.1. The molecular formula is C18H27N5O2. The summed E-state index contributed by atoms with van der Waals surface area (Å²) >= 11 is 0. The van der Waals surface area contributed by atoms with Crippen LogP contribution in [0.25, 0.3) is 0 Å². The van der Waals surface area contributed by atoms with E-state index < -0.39 is 0 Å². The molecule has 1 fully saturated rings. The topological polar surface area (TPSA) is 77.1 Å². The van der Waals surface area contributed by atoms with Crippen LogP contribution >= 0.6 is 0 Å². The van der Waals surface area contributed by atoms with E-state index in [1.54, 1.807) is 0 Å². The minimum Gasteiger partial charge on any atom is -0.339 e. The fraction of sp³-hybridized carbons (Fsp3) is 0.667. The zero-order valence-electron chi connectivity index (χ0n) is 15.7. The van der Waals surface area contributed by atoms with Gasteiger partial charge in [0.1, 0.15) is 0 Å². The van der Waals surface area contributed by atoms with Crippen molar-refractivity contribution in [2.75, 3.05) is 6.54 Å². The number of rotatable bonds is 5. The number of nitrogens with zero attached hydrogens (tertiary/aromatic N) is 5. The lowest BCUT2D eigenvalue weighted by Gasteiger charge is -2.25. The van der Waals surface area contributed by atoms with Gasteiger partial charge in [0.15, 0.2) is 5.82 Å². The highest BCUT2D eigenvalue weighted by atomic mass is 16.5. The number of amides is 1. The largest absolute Gasteiger partial charge is 0.339 e. The smallest absolute Gasteiger partial charge is 0.227 e. The highest BCUT2D eigenvalue weighted by Gasteiger charge is 2.33. The lowest BCUT2D eigenvalue weighted by Crippen LogP contribution is -2.31. The molecular weight excluding hydrogens is 318 g/mol. The van der Waals surface area contributed by atoms with Gasteiger partial charge in [-0.3, -0.25) is 9.48 Å². The van der Waals surface area contributed by atoms with Crippen molar-refractivity contribution < 1.29 is 9.32 Å². The van der Waals surface area contributed by atoms with Gasteiger partial charge >= 0.3 is 0 Å². The molecule has 136 valence electrons. The molecule has 0 aliphatic carbocycles. The second-order valence-electron chi connectivity index (χ2n) is 7.15. The van der Waals surface area contributed by atoms with Crippen LogP contribution in [0, 0.1) is 13.8 Å². The van der Waals surface area contributed by atoms with Crippen LogP contribution in [0.4, 0.5) is 0 Å². The minimum absolute atomic E-state index is 0.134. The van der Waals surface area contributed by atoms with Gasteiger partial charge in [-0.15, -0.1) is 0 Å².